The van der Waals surface area contributed by atoms with Gasteiger partial charge in [0.2, 0.25) is 5.91 Å². The average molecular weight is 297 g/mol. The number of halogens is 1. The van der Waals surface area contributed by atoms with Gasteiger partial charge < -0.3 is 15.2 Å². The quantitative estimate of drug-likeness (QED) is 0.808. The fraction of sp³-hybridized carbons (Fsp3) is 0.467. The highest BCUT2D eigenvalue weighted by atomic mass is 19.1. The Bertz CT molecular complexity index is 528. The number of amides is 1. The van der Waals surface area contributed by atoms with E-state index in [0.717, 1.165) is 0 Å². The predicted molar refractivity (Wildman–Crippen MR) is 75.7 cm³/mol. The van der Waals surface area contributed by atoms with Gasteiger partial charge in [0.1, 0.15) is 0 Å². The molecule has 1 amide bonds. The van der Waals surface area contributed by atoms with Crippen molar-refractivity contribution in [3.8, 4) is 5.75 Å². The molecule has 1 rings (SSSR count). The number of hydrogen-bond donors (Lipinski definition) is 2. The zero-order valence-corrected chi connectivity index (χ0v) is 12.4. The molecule has 2 N–H and O–H groups in total. The molecule has 0 aliphatic carbocycles. The first-order valence-corrected chi connectivity index (χ1v) is 6.59. The van der Waals surface area contributed by atoms with Crippen molar-refractivity contribution < 1.29 is 23.8 Å². The summed E-state index contributed by atoms with van der Waals surface area (Å²) in [5.41, 5.74) is -0.0969. The molecular formula is C15H20FNO4. The van der Waals surface area contributed by atoms with Crippen LogP contribution in [0.1, 0.15) is 32.3 Å². The molecule has 0 radical (unpaired) electrons. The fourth-order valence-electron chi connectivity index (χ4n) is 1.91. The molecule has 0 unspecified atom stereocenters. The zero-order valence-electron chi connectivity index (χ0n) is 12.4. The summed E-state index contributed by atoms with van der Waals surface area (Å²) in [7, 11) is 1.37. The van der Waals surface area contributed by atoms with E-state index in [1.807, 2.05) is 0 Å². The van der Waals surface area contributed by atoms with Crippen LogP contribution in [0.5, 0.6) is 5.75 Å². The number of hydrogen-bond acceptors (Lipinski definition) is 3. The number of carbonyl (C=O) groups is 2. The highest BCUT2D eigenvalue weighted by molar-refractivity contribution is 5.79. The third-order valence-electron chi connectivity index (χ3n) is 3.02. The minimum absolute atomic E-state index is 0.0234. The minimum Gasteiger partial charge on any atom is -0.494 e. The Balaban J connectivity index is 2.60. The number of nitrogens with one attached hydrogen (secondary N) is 1. The van der Waals surface area contributed by atoms with E-state index in [1.165, 1.54) is 19.2 Å². The predicted octanol–water partition coefficient (Wildman–Crippen LogP) is 2.14. The smallest absolute Gasteiger partial charge is 0.303 e. The number of methoxy groups -OCH3 is 1. The van der Waals surface area contributed by atoms with Crippen molar-refractivity contribution in [2.24, 2.45) is 0 Å². The van der Waals surface area contributed by atoms with Gasteiger partial charge in [-0.25, -0.2) is 4.39 Å². The maximum Gasteiger partial charge on any atom is 0.303 e. The highest BCUT2D eigenvalue weighted by Crippen LogP contribution is 2.18. The molecule has 0 bridgehead atoms. The lowest BCUT2D eigenvalue weighted by atomic mass is 9.98. The lowest BCUT2D eigenvalue weighted by Crippen LogP contribution is -2.44. The van der Waals surface area contributed by atoms with Crippen molar-refractivity contribution in [1.82, 2.24) is 5.32 Å². The van der Waals surface area contributed by atoms with Gasteiger partial charge in [0, 0.05) is 12.0 Å². The second kappa shape index (κ2) is 7.06. The first-order valence-electron chi connectivity index (χ1n) is 6.59. The van der Waals surface area contributed by atoms with Crippen LogP contribution in [0.2, 0.25) is 0 Å². The van der Waals surface area contributed by atoms with Crippen molar-refractivity contribution in [2.75, 3.05) is 7.11 Å². The lowest BCUT2D eigenvalue weighted by Gasteiger charge is -2.25. The monoisotopic (exact) mass is 297 g/mol. The van der Waals surface area contributed by atoms with Gasteiger partial charge in [0.25, 0.3) is 0 Å². The number of carboxylic acids is 1. The number of benzene rings is 1. The maximum absolute atomic E-state index is 13.5. The molecule has 0 spiro atoms. The Morgan fingerprint density at radius 3 is 2.57 bits per heavy atom. The van der Waals surface area contributed by atoms with Gasteiger partial charge in [-0.3, -0.25) is 9.59 Å². The van der Waals surface area contributed by atoms with Gasteiger partial charge in [0.05, 0.1) is 13.5 Å². The summed E-state index contributed by atoms with van der Waals surface area (Å²) in [6.45, 7) is 3.50. The van der Waals surface area contributed by atoms with Crippen molar-refractivity contribution in [1.29, 1.82) is 0 Å². The van der Waals surface area contributed by atoms with Crippen LogP contribution in [0.25, 0.3) is 0 Å². The van der Waals surface area contributed by atoms with Crippen LogP contribution in [0.15, 0.2) is 18.2 Å². The van der Waals surface area contributed by atoms with Crippen LogP contribution in [0.4, 0.5) is 4.39 Å². The molecule has 5 nitrogen and oxygen atoms in total. The SMILES string of the molecule is COc1ccc(CC(=O)NC(C)(C)CCC(=O)O)cc1F. The van der Waals surface area contributed by atoms with Gasteiger partial charge in [-0.2, -0.15) is 0 Å². The van der Waals surface area contributed by atoms with E-state index in [0.29, 0.717) is 12.0 Å². The number of ether oxygens (including phenoxy) is 1. The Morgan fingerprint density at radius 1 is 1.38 bits per heavy atom. The third kappa shape index (κ3) is 5.81. The Hall–Kier alpha value is -2.11. The molecule has 1 aromatic carbocycles. The summed E-state index contributed by atoms with van der Waals surface area (Å²) in [4.78, 5) is 22.5. The zero-order chi connectivity index (χ0) is 16.0. The van der Waals surface area contributed by atoms with Gasteiger partial charge in [0.15, 0.2) is 11.6 Å². The molecule has 21 heavy (non-hydrogen) atoms. The minimum atomic E-state index is -0.908. The molecule has 0 aliphatic rings. The maximum atomic E-state index is 13.5. The third-order valence-corrected chi connectivity index (χ3v) is 3.02. The van der Waals surface area contributed by atoms with Gasteiger partial charge in [-0.15, -0.1) is 0 Å². The van der Waals surface area contributed by atoms with Crippen LogP contribution >= 0.6 is 0 Å². The van der Waals surface area contributed by atoms with Gasteiger partial charge in [-0.1, -0.05) is 6.07 Å². The topological polar surface area (TPSA) is 75.6 Å². The normalized spacial score (nSPS) is 11.0. The Labute approximate surface area is 123 Å². The van der Waals surface area contributed by atoms with E-state index in [4.69, 9.17) is 9.84 Å². The fourth-order valence-corrected chi connectivity index (χ4v) is 1.91. The molecule has 0 heterocycles. The number of rotatable bonds is 7. The average Bonchev–Trinajstić information content (AvgIpc) is 2.36. The highest BCUT2D eigenvalue weighted by Gasteiger charge is 2.21. The largest absolute Gasteiger partial charge is 0.494 e. The molecule has 0 saturated carbocycles. The van der Waals surface area contributed by atoms with Gasteiger partial charge in [-0.05, 0) is 38.0 Å². The van der Waals surface area contributed by atoms with E-state index >= 15 is 0 Å². The van der Waals surface area contributed by atoms with Crippen molar-refractivity contribution in [3.05, 3.63) is 29.6 Å². The molecule has 1 aromatic rings. The Kier molecular flexibility index (Phi) is 5.69. The first-order chi connectivity index (χ1) is 9.73. The number of aliphatic carboxylic acids is 1. The van der Waals surface area contributed by atoms with Crippen LogP contribution in [0.3, 0.4) is 0 Å². The van der Waals surface area contributed by atoms with E-state index in [2.05, 4.69) is 5.32 Å². The van der Waals surface area contributed by atoms with Crippen molar-refractivity contribution in [3.63, 3.8) is 0 Å². The van der Waals surface area contributed by atoms with E-state index in [1.54, 1.807) is 19.9 Å². The summed E-state index contributed by atoms with van der Waals surface area (Å²) < 4.78 is 18.3. The molecule has 0 aliphatic heterocycles. The summed E-state index contributed by atoms with van der Waals surface area (Å²) in [5.74, 6) is -1.58. The van der Waals surface area contributed by atoms with Crippen LogP contribution in [-0.4, -0.2) is 29.6 Å². The number of carbonyl (C=O) groups excluding carboxylic acids is 1. The van der Waals surface area contributed by atoms with E-state index < -0.39 is 17.3 Å². The van der Waals surface area contributed by atoms with E-state index in [-0.39, 0.29) is 24.5 Å². The standard InChI is InChI=1S/C15H20FNO4/c1-15(2,7-6-14(19)20)17-13(18)9-10-4-5-12(21-3)11(16)8-10/h4-5,8H,6-7,9H2,1-3H3,(H,17,18)(H,19,20). The molecule has 0 saturated heterocycles. The van der Waals surface area contributed by atoms with E-state index in [9.17, 15) is 14.0 Å². The van der Waals surface area contributed by atoms with Crippen molar-refractivity contribution >= 4 is 11.9 Å². The molecule has 116 valence electrons. The molecule has 0 aromatic heterocycles. The number of carboxylic acid groups (broad SMARTS) is 1. The molecule has 0 atom stereocenters. The van der Waals surface area contributed by atoms with Crippen molar-refractivity contribution in [2.45, 2.75) is 38.6 Å². The van der Waals surface area contributed by atoms with Crippen LogP contribution in [-0.2, 0) is 16.0 Å². The summed E-state index contributed by atoms with van der Waals surface area (Å²) >= 11 is 0. The lowest BCUT2D eigenvalue weighted by molar-refractivity contribution is -0.137. The molecular weight excluding hydrogens is 277 g/mol. The summed E-state index contributed by atoms with van der Waals surface area (Å²) in [6, 6.07) is 4.34. The van der Waals surface area contributed by atoms with Gasteiger partial charge >= 0.3 is 5.97 Å². The Morgan fingerprint density at radius 2 is 2.05 bits per heavy atom. The first kappa shape index (κ1) is 16.9. The molecule has 0 fully saturated rings. The van der Waals surface area contributed by atoms with Crippen LogP contribution < -0.4 is 10.1 Å². The summed E-state index contributed by atoms with van der Waals surface area (Å²) in [5, 5.41) is 11.4. The van der Waals surface area contributed by atoms with Crippen LogP contribution in [0, 0.1) is 5.82 Å². The second-order valence-electron chi connectivity index (χ2n) is 5.47. The second-order valence-corrected chi connectivity index (χ2v) is 5.47. The molecule has 6 heteroatoms. The summed E-state index contributed by atoms with van der Waals surface area (Å²) in [6.07, 6.45) is 0.326.